The minimum Gasteiger partial charge on any atom is -0.298 e. The predicted molar refractivity (Wildman–Crippen MR) is 127 cm³/mol. The first-order valence-electron chi connectivity index (χ1n) is 10.1. The number of amidine groups is 1. The molecule has 2 heterocycles. The molecule has 1 aromatic carbocycles. The van der Waals surface area contributed by atoms with Gasteiger partial charge in [-0.2, -0.15) is 0 Å². The number of nitrogens with one attached hydrogen (secondary N) is 1. The number of hydrogen-bond acceptors (Lipinski definition) is 6. The van der Waals surface area contributed by atoms with Crippen molar-refractivity contribution in [2.45, 2.75) is 36.0 Å². The summed E-state index contributed by atoms with van der Waals surface area (Å²) in [5, 5.41) is 2.79. The first-order valence-corrected chi connectivity index (χ1v) is 12.5. The molecule has 0 saturated heterocycles. The van der Waals surface area contributed by atoms with Gasteiger partial charge < -0.3 is 0 Å². The maximum absolute atomic E-state index is 13.3. The van der Waals surface area contributed by atoms with E-state index in [4.69, 9.17) is 4.99 Å². The van der Waals surface area contributed by atoms with Crippen LogP contribution in [0.5, 0.6) is 0 Å². The van der Waals surface area contributed by atoms with E-state index in [1.807, 2.05) is 43.5 Å². The van der Waals surface area contributed by atoms with Crippen LogP contribution in [-0.4, -0.2) is 37.2 Å². The molecule has 1 aliphatic carbocycles. The standard InChI is InChI=1S/C23H23BrN4O2S/c1-2-12-26-22-15-27-23(21-5-3-4-13-25-21)19-14-18(10-11-20(19)28-22)31(29,30)17-8-6-16(24)7-9-17/h3-9,11-14,18,23,27H,2,10,15H2,1H3. The van der Waals surface area contributed by atoms with Gasteiger partial charge in [-0.25, -0.2) is 18.4 Å². The summed E-state index contributed by atoms with van der Waals surface area (Å²) >= 11 is 3.36. The lowest BCUT2D eigenvalue weighted by Crippen LogP contribution is -2.29. The van der Waals surface area contributed by atoms with Crippen LogP contribution in [0.1, 0.15) is 31.5 Å². The third kappa shape index (κ3) is 4.76. The predicted octanol–water partition coefficient (Wildman–Crippen LogP) is 4.42. The Morgan fingerprint density at radius 3 is 2.74 bits per heavy atom. The Labute approximate surface area is 191 Å². The maximum Gasteiger partial charge on any atom is 0.185 e. The van der Waals surface area contributed by atoms with Crippen molar-refractivity contribution in [1.82, 2.24) is 10.3 Å². The van der Waals surface area contributed by atoms with Crippen molar-refractivity contribution < 1.29 is 8.42 Å². The Bertz CT molecular complexity index is 1170. The number of allylic oxidation sites excluding steroid dienone is 1. The number of hydrogen-bond donors (Lipinski definition) is 1. The van der Waals surface area contributed by atoms with Crippen LogP contribution in [0.3, 0.4) is 0 Å². The highest BCUT2D eigenvalue weighted by atomic mass is 79.9. The molecular formula is C23H23BrN4O2S. The van der Waals surface area contributed by atoms with Crippen molar-refractivity contribution in [3.05, 3.63) is 82.3 Å². The first-order chi connectivity index (χ1) is 15.0. The second-order valence-corrected chi connectivity index (χ2v) is 10.4. The highest BCUT2D eigenvalue weighted by Gasteiger charge is 2.33. The van der Waals surface area contributed by atoms with Gasteiger partial charge in [-0.15, -0.1) is 0 Å². The van der Waals surface area contributed by atoms with Gasteiger partial charge in [0.1, 0.15) is 5.84 Å². The molecule has 1 aromatic heterocycles. The maximum atomic E-state index is 13.3. The minimum atomic E-state index is -3.54. The van der Waals surface area contributed by atoms with E-state index in [0.717, 1.165) is 27.9 Å². The SMILES string of the molecule is CCC=NC1=NC2=CCC(S(=O)(=O)c3ccc(Br)cc3)C=C2C(c2ccccn2)NC1. The number of fused-ring (bicyclic) bond motifs is 1. The van der Waals surface area contributed by atoms with Gasteiger partial charge in [0, 0.05) is 16.9 Å². The number of pyridine rings is 1. The van der Waals surface area contributed by atoms with Crippen LogP contribution in [0.25, 0.3) is 0 Å². The van der Waals surface area contributed by atoms with Crippen LogP contribution in [0.15, 0.2) is 91.4 Å². The number of aliphatic imine (C=N–C) groups is 2. The summed E-state index contributed by atoms with van der Waals surface area (Å²) in [7, 11) is -3.54. The van der Waals surface area contributed by atoms with Gasteiger partial charge in [0.25, 0.3) is 0 Å². The summed E-state index contributed by atoms with van der Waals surface area (Å²) in [6, 6.07) is 12.2. The zero-order valence-electron chi connectivity index (χ0n) is 17.1. The van der Waals surface area contributed by atoms with E-state index in [0.29, 0.717) is 23.7 Å². The van der Waals surface area contributed by atoms with Crippen molar-refractivity contribution in [3.8, 4) is 0 Å². The molecule has 0 radical (unpaired) electrons. The lowest BCUT2D eigenvalue weighted by atomic mass is 9.94. The van der Waals surface area contributed by atoms with Crippen LogP contribution in [-0.2, 0) is 9.84 Å². The first kappa shape index (κ1) is 21.8. The molecule has 1 aliphatic heterocycles. The van der Waals surface area contributed by atoms with Crippen molar-refractivity contribution in [1.29, 1.82) is 0 Å². The molecule has 6 nitrogen and oxygen atoms in total. The van der Waals surface area contributed by atoms with Crippen LogP contribution in [0.2, 0.25) is 0 Å². The van der Waals surface area contributed by atoms with Crippen LogP contribution in [0, 0.1) is 0 Å². The average Bonchev–Trinajstić information content (AvgIpc) is 2.97. The van der Waals surface area contributed by atoms with Crippen molar-refractivity contribution in [2.75, 3.05) is 6.54 Å². The van der Waals surface area contributed by atoms with E-state index in [9.17, 15) is 8.42 Å². The zero-order chi connectivity index (χ0) is 21.8. The van der Waals surface area contributed by atoms with E-state index in [-0.39, 0.29) is 6.04 Å². The van der Waals surface area contributed by atoms with Crippen LogP contribution >= 0.6 is 15.9 Å². The molecule has 2 aromatic rings. The summed E-state index contributed by atoms with van der Waals surface area (Å²) < 4.78 is 27.5. The molecule has 0 saturated carbocycles. The van der Waals surface area contributed by atoms with Crippen LogP contribution in [0.4, 0.5) is 0 Å². The lowest BCUT2D eigenvalue weighted by Gasteiger charge is -2.25. The number of nitrogens with zero attached hydrogens (tertiary/aromatic N) is 3. The quantitative estimate of drug-likeness (QED) is 0.632. The molecule has 2 aliphatic rings. The molecule has 1 N–H and O–H groups in total. The van der Waals surface area contributed by atoms with Crippen molar-refractivity contribution in [2.24, 2.45) is 9.98 Å². The van der Waals surface area contributed by atoms with E-state index >= 15 is 0 Å². The molecule has 0 fully saturated rings. The Morgan fingerprint density at radius 2 is 2.03 bits per heavy atom. The fourth-order valence-electron chi connectivity index (χ4n) is 3.63. The Balaban J connectivity index is 1.76. The summed E-state index contributed by atoms with van der Waals surface area (Å²) in [5.41, 5.74) is 2.39. The van der Waals surface area contributed by atoms with E-state index in [1.54, 1.807) is 30.5 Å². The number of benzene rings is 1. The second-order valence-electron chi connectivity index (χ2n) is 7.30. The smallest absolute Gasteiger partial charge is 0.185 e. The molecule has 0 spiro atoms. The normalized spacial score (nSPS) is 21.7. The van der Waals surface area contributed by atoms with Gasteiger partial charge in [0.15, 0.2) is 9.84 Å². The molecule has 4 rings (SSSR count). The highest BCUT2D eigenvalue weighted by Crippen LogP contribution is 2.36. The Hall–Kier alpha value is -2.42. The zero-order valence-corrected chi connectivity index (χ0v) is 19.5. The fourth-order valence-corrected chi connectivity index (χ4v) is 5.44. The summed E-state index contributed by atoms with van der Waals surface area (Å²) in [4.78, 5) is 14.0. The number of sulfone groups is 1. The summed E-state index contributed by atoms with van der Waals surface area (Å²) in [6.45, 7) is 2.49. The van der Waals surface area contributed by atoms with Crippen molar-refractivity contribution in [3.63, 3.8) is 0 Å². The van der Waals surface area contributed by atoms with Gasteiger partial charge in [0.05, 0.1) is 34.1 Å². The topological polar surface area (TPSA) is 83.8 Å². The molecule has 31 heavy (non-hydrogen) atoms. The molecule has 8 heteroatoms. The molecule has 0 amide bonds. The average molecular weight is 499 g/mol. The third-order valence-electron chi connectivity index (χ3n) is 5.18. The molecule has 0 bridgehead atoms. The second kappa shape index (κ2) is 9.38. The van der Waals surface area contributed by atoms with Gasteiger partial charge >= 0.3 is 0 Å². The van der Waals surface area contributed by atoms with Gasteiger partial charge in [-0.1, -0.05) is 41.1 Å². The fraction of sp³-hybridized carbons (Fsp3) is 0.261. The Kier molecular flexibility index (Phi) is 6.60. The highest BCUT2D eigenvalue weighted by molar-refractivity contribution is 9.10. The van der Waals surface area contributed by atoms with E-state index < -0.39 is 15.1 Å². The number of halogens is 1. The van der Waals surface area contributed by atoms with Gasteiger partial charge in [-0.3, -0.25) is 10.3 Å². The van der Waals surface area contributed by atoms with Crippen molar-refractivity contribution >= 4 is 37.8 Å². The summed E-state index contributed by atoms with van der Waals surface area (Å²) in [6.07, 6.45) is 8.48. The van der Waals surface area contributed by atoms with Crippen LogP contribution < -0.4 is 5.32 Å². The molecule has 2 unspecified atom stereocenters. The molecule has 160 valence electrons. The summed E-state index contributed by atoms with van der Waals surface area (Å²) in [5.74, 6) is 0.673. The van der Waals surface area contributed by atoms with Gasteiger partial charge in [0.2, 0.25) is 0 Å². The number of rotatable bonds is 4. The minimum absolute atomic E-state index is 0.270. The monoisotopic (exact) mass is 498 g/mol. The Morgan fingerprint density at radius 1 is 1.23 bits per heavy atom. The largest absolute Gasteiger partial charge is 0.298 e. The third-order valence-corrected chi connectivity index (χ3v) is 7.76. The molecular weight excluding hydrogens is 476 g/mol. The van der Waals surface area contributed by atoms with E-state index in [1.165, 1.54) is 0 Å². The number of aromatic nitrogens is 1. The molecule has 2 atom stereocenters. The van der Waals surface area contributed by atoms with Gasteiger partial charge in [-0.05, 0) is 54.8 Å². The lowest BCUT2D eigenvalue weighted by molar-refractivity contribution is 0.585. The van der Waals surface area contributed by atoms with E-state index in [2.05, 4.69) is 31.2 Å².